The van der Waals surface area contributed by atoms with Crippen LogP contribution in [0.2, 0.25) is 0 Å². The van der Waals surface area contributed by atoms with Crippen molar-refractivity contribution in [2.24, 2.45) is 0 Å². The van der Waals surface area contributed by atoms with E-state index in [1.807, 2.05) is 12.3 Å². The molecule has 2 aromatic heterocycles. The van der Waals surface area contributed by atoms with Gasteiger partial charge in [0.1, 0.15) is 6.61 Å². The van der Waals surface area contributed by atoms with Crippen LogP contribution in [0.5, 0.6) is 0 Å². The lowest BCUT2D eigenvalue weighted by molar-refractivity contribution is 0.170. The second-order valence-electron chi connectivity index (χ2n) is 6.19. The van der Waals surface area contributed by atoms with Crippen molar-refractivity contribution in [3.63, 3.8) is 0 Å². The zero-order chi connectivity index (χ0) is 16.4. The van der Waals surface area contributed by atoms with Crippen LogP contribution in [0.3, 0.4) is 0 Å². The number of hydrogen-bond donors (Lipinski definition) is 0. The Balaban J connectivity index is 1.61. The monoisotopic (exact) mass is 320 g/mol. The molecule has 1 aliphatic carbocycles. The van der Waals surface area contributed by atoms with Gasteiger partial charge >= 0.3 is 0 Å². The van der Waals surface area contributed by atoms with Gasteiger partial charge in [-0.25, -0.2) is 9.67 Å². The third-order valence-electron chi connectivity index (χ3n) is 4.48. The molecule has 3 aromatic rings. The minimum atomic E-state index is 0.322. The summed E-state index contributed by atoms with van der Waals surface area (Å²) in [6.07, 6.45) is 6.34. The van der Waals surface area contributed by atoms with Gasteiger partial charge in [-0.2, -0.15) is 5.10 Å². The summed E-state index contributed by atoms with van der Waals surface area (Å²) in [6, 6.07) is 12.9. The lowest BCUT2D eigenvalue weighted by atomic mass is 10.1. The number of pyridine rings is 1. The number of ether oxygens (including phenoxy) is 1. The average Bonchev–Trinajstić information content (AvgIpc) is 3.20. The number of benzene rings is 1. The fourth-order valence-electron chi connectivity index (χ4n) is 3.39. The smallest absolute Gasteiger partial charge is 0.155 e. The van der Waals surface area contributed by atoms with Crippen LogP contribution < -0.4 is 0 Å². The highest BCUT2D eigenvalue weighted by Gasteiger charge is 2.26. The summed E-state index contributed by atoms with van der Waals surface area (Å²) < 4.78 is 7.40. The number of aromatic nitrogens is 4. The van der Waals surface area contributed by atoms with E-state index in [0.717, 1.165) is 30.1 Å². The quantitative estimate of drug-likeness (QED) is 0.725. The average molecular weight is 320 g/mol. The molecule has 0 amide bonds. The van der Waals surface area contributed by atoms with Crippen LogP contribution in [0.15, 0.2) is 48.8 Å². The van der Waals surface area contributed by atoms with Gasteiger partial charge in [-0.05, 0) is 35.6 Å². The fourth-order valence-corrected chi connectivity index (χ4v) is 3.39. The van der Waals surface area contributed by atoms with E-state index in [-0.39, 0.29) is 0 Å². The fraction of sp³-hybridized carbons (Fsp3) is 0.316. The molecule has 0 fully saturated rings. The van der Waals surface area contributed by atoms with Gasteiger partial charge < -0.3 is 4.74 Å². The maximum atomic E-state index is 5.33. The largest absolute Gasteiger partial charge is 0.377 e. The van der Waals surface area contributed by atoms with Crippen LogP contribution in [-0.2, 0) is 30.6 Å². The topological polar surface area (TPSA) is 52.8 Å². The van der Waals surface area contributed by atoms with Gasteiger partial charge in [0.2, 0.25) is 0 Å². The van der Waals surface area contributed by atoms with Gasteiger partial charge in [-0.3, -0.25) is 4.98 Å². The molecule has 0 radical (unpaired) electrons. The molecule has 2 heterocycles. The summed E-state index contributed by atoms with van der Waals surface area (Å²) in [7, 11) is 1.70. The van der Waals surface area contributed by atoms with Gasteiger partial charge in [0.15, 0.2) is 11.6 Å². The van der Waals surface area contributed by atoms with Crippen LogP contribution in [0, 0.1) is 0 Å². The molecular formula is C19H20N4O. The van der Waals surface area contributed by atoms with Crippen molar-refractivity contribution in [1.82, 2.24) is 19.7 Å². The Morgan fingerprint density at radius 3 is 2.58 bits per heavy atom. The predicted octanol–water partition coefficient (Wildman–Crippen LogP) is 2.75. The first kappa shape index (κ1) is 15.0. The summed E-state index contributed by atoms with van der Waals surface area (Å²) in [5.41, 5.74) is 3.94. The second-order valence-corrected chi connectivity index (χ2v) is 6.19. The molecule has 0 saturated heterocycles. The van der Waals surface area contributed by atoms with E-state index in [1.165, 1.54) is 11.1 Å². The van der Waals surface area contributed by atoms with Gasteiger partial charge in [-0.15, -0.1) is 0 Å². The summed E-state index contributed by atoms with van der Waals surface area (Å²) in [4.78, 5) is 8.87. The molecule has 0 unspecified atom stereocenters. The van der Waals surface area contributed by atoms with E-state index in [4.69, 9.17) is 14.8 Å². The molecule has 1 aromatic carbocycles. The Morgan fingerprint density at radius 2 is 1.92 bits per heavy atom. The molecule has 0 bridgehead atoms. The molecule has 0 N–H and O–H groups in total. The highest BCUT2D eigenvalue weighted by molar-refractivity contribution is 5.33. The van der Waals surface area contributed by atoms with E-state index in [9.17, 15) is 0 Å². The number of fused-ring (bicyclic) bond motifs is 1. The summed E-state index contributed by atoms with van der Waals surface area (Å²) in [5, 5.41) is 4.79. The summed E-state index contributed by atoms with van der Waals surface area (Å²) in [5.74, 6) is 1.72. The maximum absolute atomic E-state index is 5.33. The van der Waals surface area contributed by atoms with Gasteiger partial charge in [0, 0.05) is 25.9 Å². The van der Waals surface area contributed by atoms with Crippen molar-refractivity contribution in [3.8, 4) is 0 Å². The Bertz CT molecular complexity index is 803. The highest BCUT2D eigenvalue weighted by Crippen LogP contribution is 2.30. The van der Waals surface area contributed by atoms with E-state index >= 15 is 0 Å². The Morgan fingerprint density at radius 1 is 1.12 bits per heavy atom. The second kappa shape index (κ2) is 6.53. The van der Waals surface area contributed by atoms with Crippen LogP contribution in [0.4, 0.5) is 0 Å². The van der Waals surface area contributed by atoms with Crippen molar-refractivity contribution in [3.05, 3.63) is 77.1 Å². The predicted molar refractivity (Wildman–Crippen MR) is 90.7 cm³/mol. The van der Waals surface area contributed by atoms with E-state index in [2.05, 4.69) is 40.0 Å². The third-order valence-corrected chi connectivity index (χ3v) is 4.48. The molecular weight excluding hydrogens is 300 g/mol. The minimum absolute atomic E-state index is 0.322. The molecule has 0 saturated carbocycles. The van der Waals surface area contributed by atoms with Gasteiger partial charge in [0.05, 0.1) is 6.04 Å². The molecule has 0 atom stereocenters. The standard InChI is InChI=1S/C19H20N4O/c1-24-13-19-21-18(9-14-5-4-8-20-12-14)22-23(19)17-10-15-6-2-3-7-16(15)11-17/h2-8,12,17H,9-11,13H2,1H3. The van der Waals surface area contributed by atoms with E-state index in [1.54, 1.807) is 13.3 Å². The van der Waals surface area contributed by atoms with E-state index < -0.39 is 0 Å². The van der Waals surface area contributed by atoms with E-state index in [0.29, 0.717) is 19.1 Å². The lowest BCUT2D eigenvalue weighted by Gasteiger charge is -2.12. The lowest BCUT2D eigenvalue weighted by Crippen LogP contribution is -2.15. The van der Waals surface area contributed by atoms with Crippen molar-refractivity contribution < 1.29 is 4.74 Å². The first-order chi connectivity index (χ1) is 11.8. The number of hydrogen-bond acceptors (Lipinski definition) is 4. The zero-order valence-corrected chi connectivity index (χ0v) is 13.7. The zero-order valence-electron chi connectivity index (χ0n) is 13.7. The molecule has 1 aliphatic rings. The molecule has 122 valence electrons. The van der Waals surface area contributed by atoms with Crippen molar-refractivity contribution in [2.75, 3.05) is 7.11 Å². The highest BCUT2D eigenvalue weighted by atomic mass is 16.5. The Hall–Kier alpha value is -2.53. The molecule has 5 nitrogen and oxygen atoms in total. The maximum Gasteiger partial charge on any atom is 0.155 e. The third kappa shape index (κ3) is 2.95. The molecule has 24 heavy (non-hydrogen) atoms. The Labute approximate surface area is 141 Å². The normalized spacial score (nSPS) is 14.0. The Kier molecular flexibility index (Phi) is 4.09. The van der Waals surface area contributed by atoms with Crippen LogP contribution >= 0.6 is 0 Å². The molecule has 5 heteroatoms. The van der Waals surface area contributed by atoms with Crippen LogP contribution in [0.1, 0.15) is 34.4 Å². The van der Waals surface area contributed by atoms with Crippen molar-refractivity contribution in [1.29, 1.82) is 0 Å². The van der Waals surface area contributed by atoms with Crippen LogP contribution in [-0.4, -0.2) is 26.9 Å². The number of methoxy groups -OCH3 is 1. The summed E-state index contributed by atoms with van der Waals surface area (Å²) >= 11 is 0. The van der Waals surface area contributed by atoms with Gasteiger partial charge in [-0.1, -0.05) is 30.3 Å². The molecule has 0 spiro atoms. The first-order valence-electron chi connectivity index (χ1n) is 8.22. The SMILES string of the molecule is COCc1nc(Cc2cccnc2)nn1C1Cc2ccccc2C1. The minimum Gasteiger partial charge on any atom is -0.377 e. The van der Waals surface area contributed by atoms with Crippen molar-refractivity contribution in [2.45, 2.75) is 31.9 Å². The van der Waals surface area contributed by atoms with Crippen molar-refractivity contribution >= 4 is 0 Å². The number of rotatable bonds is 5. The number of nitrogens with zero attached hydrogens (tertiary/aromatic N) is 4. The molecule has 0 aliphatic heterocycles. The van der Waals surface area contributed by atoms with Gasteiger partial charge in [0.25, 0.3) is 0 Å². The summed E-state index contributed by atoms with van der Waals surface area (Å²) in [6.45, 7) is 0.479. The molecule has 4 rings (SSSR count). The van der Waals surface area contributed by atoms with Crippen LogP contribution in [0.25, 0.3) is 0 Å². The first-order valence-corrected chi connectivity index (χ1v) is 8.22.